The van der Waals surface area contributed by atoms with Gasteiger partial charge in [-0.15, -0.1) is 0 Å². The summed E-state index contributed by atoms with van der Waals surface area (Å²) in [5.74, 6) is 2.50. The Morgan fingerprint density at radius 2 is 1.19 bits per heavy atom. The number of hydrogen-bond acceptors (Lipinski definition) is 5. The lowest BCUT2D eigenvalue weighted by atomic mass is 9.99. The minimum Gasteiger partial charge on any atom is -0.465 e. The molecule has 32 heavy (non-hydrogen) atoms. The fraction of sp³-hybridized carbons (Fsp3) is 0.519. The lowest BCUT2D eigenvalue weighted by Gasteiger charge is -2.18. The molecule has 178 valence electrons. The fourth-order valence-electron chi connectivity index (χ4n) is 2.95. The molecule has 0 aliphatic rings. The molecule has 0 spiro atoms. The largest absolute Gasteiger partial charge is 0.513 e. The smallest absolute Gasteiger partial charge is 0.465 e. The highest BCUT2D eigenvalue weighted by Crippen LogP contribution is 2.23. The summed E-state index contributed by atoms with van der Waals surface area (Å²) in [6.07, 6.45) is 1.55. The van der Waals surface area contributed by atoms with Gasteiger partial charge in [-0.1, -0.05) is 52.0 Å². The van der Waals surface area contributed by atoms with Crippen molar-refractivity contribution in [2.45, 2.75) is 85.5 Å². The van der Waals surface area contributed by atoms with Crippen molar-refractivity contribution in [1.29, 1.82) is 0 Å². The molecule has 3 unspecified atom stereocenters. The van der Waals surface area contributed by atoms with E-state index in [0.717, 1.165) is 18.6 Å². The van der Waals surface area contributed by atoms with Gasteiger partial charge in [-0.05, 0) is 80.8 Å². The monoisotopic (exact) mass is 444 g/mol. The molecular weight excluding hydrogens is 404 g/mol. The van der Waals surface area contributed by atoms with Crippen LogP contribution in [0.4, 0.5) is 4.79 Å². The van der Waals surface area contributed by atoms with Gasteiger partial charge in [0.05, 0.1) is 13.2 Å². The Morgan fingerprint density at radius 3 is 1.56 bits per heavy atom. The summed E-state index contributed by atoms with van der Waals surface area (Å²) in [4.78, 5) is 10.8. The van der Waals surface area contributed by atoms with E-state index in [1.807, 2.05) is 45.0 Å². The van der Waals surface area contributed by atoms with Crippen LogP contribution in [0.15, 0.2) is 48.5 Å². The van der Waals surface area contributed by atoms with Crippen LogP contribution in [0, 0.1) is 0 Å². The zero-order valence-electron chi connectivity index (χ0n) is 20.9. The lowest BCUT2D eigenvalue weighted by molar-refractivity contribution is -0.0950. The Morgan fingerprint density at radius 1 is 0.750 bits per heavy atom. The SMILES string of the molecule is CCC(C)c1ccc(OC(=O)OC)cc1.CCC(C)c1ccc(OC(C)OC(C)C)cc1. The van der Waals surface area contributed by atoms with E-state index in [1.54, 1.807) is 12.1 Å². The lowest BCUT2D eigenvalue weighted by Crippen LogP contribution is -2.20. The maximum atomic E-state index is 10.8. The van der Waals surface area contributed by atoms with Crippen LogP contribution in [0.2, 0.25) is 0 Å². The molecule has 0 saturated heterocycles. The average Bonchev–Trinajstić information content (AvgIpc) is 2.78. The summed E-state index contributed by atoms with van der Waals surface area (Å²) in [6.45, 7) is 14.7. The summed E-state index contributed by atoms with van der Waals surface area (Å²) in [5, 5.41) is 0. The van der Waals surface area contributed by atoms with Gasteiger partial charge in [-0.25, -0.2) is 4.79 Å². The van der Waals surface area contributed by atoms with Crippen molar-refractivity contribution in [1.82, 2.24) is 0 Å². The van der Waals surface area contributed by atoms with Gasteiger partial charge in [0, 0.05) is 0 Å². The van der Waals surface area contributed by atoms with E-state index < -0.39 is 6.16 Å². The predicted molar refractivity (Wildman–Crippen MR) is 130 cm³/mol. The van der Waals surface area contributed by atoms with Crippen molar-refractivity contribution < 1.29 is 23.7 Å². The average molecular weight is 445 g/mol. The summed E-state index contributed by atoms with van der Waals surface area (Å²) in [6, 6.07) is 15.8. The topological polar surface area (TPSA) is 54.0 Å². The molecule has 0 saturated carbocycles. The van der Waals surface area contributed by atoms with E-state index in [-0.39, 0.29) is 12.4 Å². The third-order valence-corrected chi connectivity index (χ3v) is 5.26. The van der Waals surface area contributed by atoms with Gasteiger partial charge in [0.25, 0.3) is 0 Å². The van der Waals surface area contributed by atoms with Crippen LogP contribution < -0.4 is 9.47 Å². The van der Waals surface area contributed by atoms with Crippen LogP contribution in [0.5, 0.6) is 11.5 Å². The third-order valence-electron chi connectivity index (χ3n) is 5.26. The van der Waals surface area contributed by atoms with E-state index in [9.17, 15) is 4.79 Å². The van der Waals surface area contributed by atoms with Crippen LogP contribution in [-0.2, 0) is 9.47 Å². The van der Waals surface area contributed by atoms with Crippen LogP contribution in [-0.4, -0.2) is 25.7 Å². The van der Waals surface area contributed by atoms with E-state index in [0.29, 0.717) is 17.6 Å². The van der Waals surface area contributed by atoms with Crippen LogP contribution in [0.3, 0.4) is 0 Å². The first-order valence-corrected chi connectivity index (χ1v) is 11.5. The van der Waals surface area contributed by atoms with Crippen LogP contribution in [0.25, 0.3) is 0 Å². The minimum atomic E-state index is -0.689. The Kier molecular flexibility index (Phi) is 12.5. The van der Waals surface area contributed by atoms with Crippen LogP contribution in [0.1, 0.15) is 84.3 Å². The molecule has 0 aromatic heterocycles. The molecule has 5 heteroatoms. The fourth-order valence-corrected chi connectivity index (χ4v) is 2.95. The maximum Gasteiger partial charge on any atom is 0.513 e. The quantitative estimate of drug-likeness (QED) is 0.225. The number of methoxy groups -OCH3 is 1. The first-order chi connectivity index (χ1) is 15.2. The molecule has 0 N–H and O–H groups in total. The second-order valence-corrected chi connectivity index (χ2v) is 8.18. The third kappa shape index (κ3) is 10.2. The highest BCUT2D eigenvalue weighted by atomic mass is 16.7. The molecule has 2 aromatic carbocycles. The van der Waals surface area contributed by atoms with Gasteiger partial charge in [0.15, 0.2) is 6.29 Å². The number of benzene rings is 2. The van der Waals surface area contributed by atoms with Crippen molar-refractivity contribution in [3.05, 3.63) is 59.7 Å². The van der Waals surface area contributed by atoms with Gasteiger partial charge in [0.1, 0.15) is 11.5 Å². The van der Waals surface area contributed by atoms with E-state index in [1.165, 1.54) is 18.2 Å². The molecule has 0 fully saturated rings. The minimum absolute atomic E-state index is 0.185. The molecule has 2 rings (SSSR count). The van der Waals surface area contributed by atoms with Gasteiger partial charge >= 0.3 is 6.16 Å². The van der Waals surface area contributed by atoms with Crippen molar-refractivity contribution in [3.8, 4) is 11.5 Å². The van der Waals surface area contributed by atoms with Crippen molar-refractivity contribution >= 4 is 6.16 Å². The van der Waals surface area contributed by atoms with E-state index in [4.69, 9.17) is 14.2 Å². The normalized spacial score (nSPS) is 13.4. The predicted octanol–water partition coefficient (Wildman–Crippen LogP) is 7.70. The highest BCUT2D eigenvalue weighted by molar-refractivity contribution is 5.63. The maximum absolute atomic E-state index is 10.8. The van der Waals surface area contributed by atoms with E-state index in [2.05, 4.69) is 44.6 Å². The highest BCUT2D eigenvalue weighted by Gasteiger charge is 2.08. The Hall–Kier alpha value is -2.53. The standard InChI is InChI=1S/C15H24O2.C12H16O3/c1-6-12(4)14-7-9-15(10-8-14)17-13(5)16-11(2)3;1-4-9(2)10-5-7-11(8-6-10)15-12(13)14-3/h7-13H,6H2,1-5H3;5-9H,4H2,1-3H3. The Labute approximate surface area is 194 Å². The molecule has 0 heterocycles. The second kappa shape index (κ2) is 14.5. The number of ether oxygens (including phenoxy) is 4. The molecule has 0 radical (unpaired) electrons. The van der Waals surface area contributed by atoms with Crippen molar-refractivity contribution in [2.75, 3.05) is 7.11 Å². The summed E-state index contributed by atoms with van der Waals surface area (Å²) in [5.41, 5.74) is 2.60. The first kappa shape index (κ1) is 27.5. The van der Waals surface area contributed by atoms with Crippen molar-refractivity contribution in [3.63, 3.8) is 0 Å². The molecule has 3 atom stereocenters. The molecule has 5 nitrogen and oxygen atoms in total. The van der Waals surface area contributed by atoms with Crippen molar-refractivity contribution in [2.24, 2.45) is 0 Å². The van der Waals surface area contributed by atoms with Gasteiger partial charge < -0.3 is 18.9 Å². The Balaban J connectivity index is 0.000000323. The van der Waals surface area contributed by atoms with Gasteiger partial charge in [-0.3, -0.25) is 0 Å². The second-order valence-electron chi connectivity index (χ2n) is 8.18. The summed E-state index contributed by atoms with van der Waals surface area (Å²) >= 11 is 0. The summed E-state index contributed by atoms with van der Waals surface area (Å²) < 4.78 is 20.5. The molecular formula is C27H40O5. The summed E-state index contributed by atoms with van der Waals surface area (Å²) in [7, 11) is 1.29. The molecule has 2 aromatic rings. The molecule has 0 aliphatic heterocycles. The van der Waals surface area contributed by atoms with Crippen LogP contribution >= 0.6 is 0 Å². The van der Waals surface area contributed by atoms with Gasteiger partial charge in [0.2, 0.25) is 0 Å². The number of rotatable bonds is 9. The first-order valence-electron chi connectivity index (χ1n) is 11.5. The number of hydrogen-bond donors (Lipinski definition) is 0. The number of carbonyl (C=O) groups excluding carboxylic acids is 1. The van der Waals surface area contributed by atoms with E-state index >= 15 is 0 Å². The Bertz CT molecular complexity index is 768. The molecule has 0 amide bonds. The van der Waals surface area contributed by atoms with Gasteiger partial charge in [-0.2, -0.15) is 0 Å². The number of carbonyl (C=O) groups is 1. The molecule has 0 bridgehead atoms. The molecule has 0 aliphatic carbocycles. The zero-order chi connectivity index (χ0) is 24.1. The zero-order valence-corrected chi connectivity index (χ0v) is 20.9.